The van der Waals surface area contributed by atoms with Gasteiger partial charge in [0, 0.05) is 31.1 Å². The number of carboxylic acids is 8. The van der Waals surface area contributed by atoms with Gasteiger partial charge >= 0.3 is 64.8 Å². The summed E-state index contributed by atoms with van der Waals surface area (Å²) in [5, 5.41) is 99.1. The summed E-state index contributed by atoms with van der Waals surface area (Å²) in [6.07, 6.45) is 0.985. The van der Waals surface area contributed by atoms with Crippen molar-refractivity contribution in [2.75, 3.05) is 0 Å². The second-order valence-corrected chi connectivity index (χ2v) is 16.7. The third-order valence-electron chi connectivity index (χ3n) is 12.5. The van der Waals surface area contributed by atoms with Gasteiger partial charge in [-0.25, -0.2) is 0 Å². The van der Waals surface area contributed by atoms with Gasteiger partial charge in [0.1, 0.15) is 0 Å². The zero-order chi connectivity index (χ0) is 45.8. The fourth-order valence-corrected chi connectivity index (χ4v) is 9.59. The first kappa shape index (κ1) is 49.6. The van der Waals surface area contributed by atoms with E-state index in [-0.39, 0.29) is 88.1 Å². The van der Waals surface area contributed by atoms with Crippen LogP contribution in [-0.4, -0.2) is 101 Å². The normalized spacial score (nSPS) is 31.5. The summed E-state index contributed by atoms with van der Waals surface area (Å²) < 4.78 is 0. The Bertz CT molecular complexity index is 2140. The molecule has 8 bridgehead atoms. The maximum Gasteiger partial charge on any atom is 4.00 e. The summed E-state index contributed by atoms with van der Waals surface area (Å²) in [5.74, 6) is -13.7. The predicted molar refractivity (Wildman–Crippen MR) is 214 cm³/mol. The van der Waals surface area contributed by atoms with Gasteiger partial charge in [-0.15, -0.1) is 23.5 Å². The molecule has 5 aliphatic rings. The van der Waals surface area contributed by atoms with Crippen molar-refractivity contribution >= 4 is 47.8 Å². The number of carboxylic acid groups (broad SMARTS) is 8. The van der Waals surface area contributed by atoms with Crippen LogP contribution in [0.3, 0.4) is 0 Å². The fraction of sp³-hybridized carbons (Fsp3) is 0.524. The van der Waals surface area contributed by atoms with Crippen LogP contribution in [0.25, 0.3) is 21.3 Å². The number of aliphatic carboxylic acids is 8. The van der Waals surface area contributed by atoms with Gasteiger partial charge in [-0.05, 0) is 54.8 Å². The van der Waals surface area contributed by atoms with Gasteiger partial charge in [-0.3, -0.25) is 38.4 Å². The van der Waals surface area contributed by atoms with Crippen LogP contribution < -0.4 is 0 Å². The van der Waals surface area contributed by atoms with Crippen molar-refractivity contribution in [3.05, 3.63) is 90.9 Å². The van der Waals surface area contributed by atoms with E-state index in [1.165, 1.54) is 31.2 Å². The van der Waals surface area contributed by atoms with Crippen LogP contribution in [-0.2, 0) is 55.4 Å². The van der Waals surface area contributed by atoms with Gasteiger partial charge in [0.25, 0.3) is 0 Å². The average Bonchev–Trinajstić information content (AvgIpc) is 3.77. The Balaban J connectivity index is 0.00000871. The summed E-state index contributed by atoms with van der Waals surface area (Å²) in [7, 11) is 0. The maximum atomic E-state index is 12.6. The second kappa shape index (κ2) is 20.0. The molecule has 0 aromatic rings. The van der Waals surface area contributed by atoms with Crippen molar-refractivity contribution in [2.45, 2.75) is 103 Å². The molecule has 63 heavy (non-hydrogen) atoms. The third-order valence-corrected chi connectivity index (χ3v) is 12.5. The van der Waals surface area contributed by atoms with E-state index in [2.05, 4.69) is 0 Å². The van der Waals surface area contributed by atoms with Crippen molar-refractivity contribution in [1.29, 1.82) is 0 Å². The molecule has 2 fully saturated rings. The van der Waals surface area contributed by atoms with Crippen LogP contribution in [0.5, 0.6) is 0 Å². The van der Waals surface area contributed by atoms with Crippen LogP contribution in [0.15, 0.2) is 69.6 Å². The molecule has 340 valence electrons. The molecule has 21 heteroatoms. The molecule has 0 aliphatic carbocycles. The van der Waals surface area contributed by atoms with Crippen LogP contribution in [0.1, 0.15) is 90.9 Å². The van der Waals surface area contributed by atoms with Gasteiger partial charge in [0.05, 0.1) is 25.7 Å². The van der Waals surface area contributed by atoms with Crippen LogP contribution in [0.2, 0.25) is 0 Å². The molecule has 8 N–H and O–H groups in total. The van der Waals surface area contributed by atoms with Crippen LogP contribution in [0.4, 0.5) is 0 Å². The van der Waals surface area contributed by atoms with E-state index in [0.717, 1.165) is 0 Å². The van der Waals surface area contributed by atoms with Crippen LogP contribution in [0, 0.1) is 34.5 Å². The van der Waals surface area contributed by atoms with Crippen molar-refractivity contribution in [1.82, 2.24) is 0 Å². The quantitative estimate of drug-likeness (QED) is 0.0633. The Morgan fingerprint density at radius 1 is 0.587 bits per heavy atom. The Kier molecular flexibility index (Phi) is 15.7. The van der Waals surface area contributed by atoms with E-state index in [1.54, 1.807) is 6.92 Å². The van der Waals surface area contributed by atoms with Crippen molar-refractivity contribution in [3.63, 3.8) is 0 Å². The van der Waals surface area contributed by atoms with E-state index in [1.807, 2.05) is 0 Å². The first-order valence-corrected chi connectivity index (χ1v) is 20.0. The van der Waals surface area contributed by atoms with Gasteiger partial charge in [0.2, 0.25) is 0 Å². The number of hydrogen-bond donors (Lipinski definition) is 8. The molecule has 0 amide bonds. The second-order valence-electron chi connectivity index (χ2n) is 16.7. The van der Waals surface area contributed by atoms with Crippen molar-refractivity contribution < 1.29 is 96.3 Å². The summed E-state index contributed by atoms with van der Waals surface area (Å²) in [6.45, 7) is 3.09. The number of allylic oxidation sites excluding steroid dienone is 6. The van der Waals surface area contributed by atoms with Crippen LogP contribution >= 0.6 is 0 Å². The summed E-state index contributed by atoms with van der Waals surface area (Å²) >= 11 is 0. The number of hydrogen-bond acceptors (Lipinski definition) is 8. The smallest absolute Gasteiger partial charge is 0.682 e. The number of fused-ring (bicyclic) bond motifs is 8. The average molecular weight is 921 g/mol. The first-order chi connectivity index (χ1) is 29.0. The van der Waals surface area contributed by atoms with E-state index >= 15 is 0 Å². The molecule has 5 rings (SSSR count). The number of nitrogens with zero attached hydrogens (tertiary/aromatic N) is 4. The molecule has 0 aromatic heterocycles. The molecule has 2 saturated heterocycles. The molecule has 0 saturated carbocycles. The Morgan fingerprint density at radius 2 is 1.19 bits per heavy atom. The van der Waals surface area contributed by atoms with Gasteiger partial charge in [-0.1, -0.05) is 49.2 Å². The Labute approximate surface area is 371 Å². The van der Waals surface area contributed by atoms with Gasteiger partial charge < -0.3 is 62.1 Å². The molecule has 20 nitrogen and oxygen atoms in total. The number of rotatable bonds is 20. The zero-order valence-electron chi connectivity index (χ0n) is 34.2. The summed E-state index contributed by atoms with van der Waals surface area (Å²) in [4.78, 5) is 97.9. The molecule has 0 radical (unpaired) electrons. The predicted octanol–water partition coefficient (Wildman–Crippen LogP) is 6.16. The molecule has 0 spiro atoms. The van der Waals surface area contributed by atoms with E-state index in [0.29, 0.717) is 0 Å². The standard InChI is InChI=1S/C42H48N4O16.Fe/c1-41(17-39(59)60)23(5-9-35(51)52)29-14-27-21(11-37(55)56)19(3-7-33(47)48)25(43-27)13-26-20(4-8-34(49)50)22(12-38(57)58)28(44-26)15-31-42(2,18-40(61)62)24(6-10-36(53)54)30(46-31)16-32(41)45-29;/h13-16,19-21,24-25,30H,3-12,17-18H2,1-2H3,(H,47,48)(H,49,50)(H,51,52)(H,53,54)(H,55,56)(H,57,58)(H,59,60)(H,61,62);/q-4;+4/b26-13-,27-14-,31-15-,32-16-;/t19-,20-,21+,24-,25?,30?,41+,42+;/m1./s1. The van der Waals surface area contributed by atoms with E-state index in [4.69, 9.17) is 21.3 Å². The molecular formula is C42H48FeN4O16. The van der Waals surface area contributed by atoms with Gasteiger partial charge in [-0.2, -0.15) is 22.8 Å². The summed E-state index contributed by atoms with van der Waals surface area (Å²) in [5.41, 5.74) is -2.13. The third kappa shape index (κ3) is 11.3. The topological polar surface area (TPSA) is 355 Å². The molecule has 0 aromatic carbocycles. The zero-order valence-corrected chi connectivity index (χ0v) is 35.3. The Hall–Kier alpha value is -6.08. The maximum absolute atomic E-state index is 12.6. The molecule has 5 aliphatic heterocycles. The minimum Gasteiger partial charge on any atom is -0.682 e. The van der Waals surface area contributed by atoms with E-state index < -0.39 is 146 Å². The minimum absolute atomic E-state index is 0. The first-order valence-electron chi connectivity index (χ1n) is 20.0. The molecular weight excluding hydrogens is 872 g/mol. The number of carbonyl (C=O) groups is 8. The fourth-order valence-electron chi connectivity index (χ4n) is 9.59. The Morgan fingerprint density at radius 3 is 1.76 bits per heavy atom. The van der Waals surface area contributed by atoms with Gasteiger partial charge in [0.15, 0.2) is 0 Å². The minimum atomic E-state index is -1.54. The molecule has 5 heterocycles. The SMILES string of the molecule is C[C@]1(CC(=O)O)C(CCC(=O)O)=C2/C=C3\[N-]C(/C=C4\[N-]C(=C(CC(=O)O)[C@H]4CCC(=O)O)/C=C4\[N-]C(/C=C/1[N-]2)[C@@H](CCC(=O)O)[C@]4(C)CC(=O)O)[C@H](CCC(=O)O)[C@@H]3CC(=O)O.[Fe+4]. The van der Waals surface area contributed by atoms with Crippen molar-refractivity contribution in [2.24, 2.45) is 34.5 Å². The molecule has 8 atom stereocenters. The monoisotopic (exact) mass is 920 g/mol. The largest absolute Gasteiger partial charge is 4.00 e. The summed E-state index contributed by atoms with van der Waals surface area (Å²) in [6, 6.07) is -2.11. The van der Waals surface area contributed by atoms with Crippen molar-refractivity contribution in [3.8, 4) is 0 Å². The molecule has 2 unspecified atom stereocenters. The van der Waals surface area contributed by atoms with E-state index in [9.17, 15) is 79.2 Å².